The maximum absolute atomic E-state index is 13.0. The number of amides is 2. The normalized spacial score (nSPS) is 11.5. The third-order valence-electron chi connectivity index (χ3n) is 4.97. The van der Waals surface area contributed by atoms with Crippen molar-refractivity contribution in [3.63, 3.8) is 0 Å². The Bertz CT molecular complexity index is 1320. The monoisotopic (exact) mass is 475 g/mol. The van der Waals surface area contributed by atoms with Gasteiger partial charge in [0.15, 0.2) is 0 Å². The van der Waals surface area contributed by atoms with Gasteiger partial charge in [0, 0.05) is 23.9 Å². The van der Waals surface area contributed by atoms with Gasteiger partial charge in [0.2, 0.25) is 0 Å². The van der Waals surface area contributed by atoms with Crippen LogP contribution in [0.1, 0.15) is 11.5 Å². The predicted octanol–water partition coefficient (Wildman–Crippen LogP) is 4.53. The van der Waals surface area contributed by atoms with E-state index in [9.17, 15) is 19.1 Å². The maximum atomic E-state index is 13.0. The van der Waals surface area contributed by atoms with Crippen molar-refractivity contribution >= 4 is 17.8 Å². The summed E-state index contributed by atoms with van der Waals surface area (Å²) < 4.78 is 18.7. The molecule has 0 aliphatic carbocycles. The molecule has 4 aromatic rings. The smallest absolute Gasteiger partial charge is 0.326 e. The van der Waals surface area contributed by atoms with Crippen LogP contribution in [0.4, 0.5) is 15.0 Å². The molecule has 0 spiro atoms. The van der Waals surface area contributed by atoms with Crippen molar-refractivity contribution in [3.05, 3.63) is 90.3 Å². The number of rotatable bonds is 8. The van der Waals surface area contributed by atoms with E-state index in [-0.39, 0.29) is 18.1 Å². The number of ether oxygens (including phenoxy) is 1. The highest BCUT2D eigenvalue weighted by Gasteiger charge is 2.21. The number of aromatic amines is 1. The zero-order valence-electron chi connectivity index (χ0n) is 18.7. The van der Waals surface area contributed by atoms with Crippen LogP contribution in [0.3, 0.4) is 0 Å². The molecular weight excluding hydrogens is 453 g/mol. The van der Waals surface area contributed by atoms with Crippen LogP contribution in [0.25, 0.3) is 11.3 Å². The fourth-order valence-corrected chi connectivity index (χ4v) is 3.30. The molecule has 2 aromatic heterocycles. The Morgan fingerprint density at radius 1 is 1.06 bits per heavy atom. The van der Waals surface area contributed by atoms with Crippen LogP contribution in [-0.2, 0) is 11.2 Å². The fraction of sp³-hybridized carbons (Fsp3) is 0.120. The van der Waals surface area contributed by atoms with Crippen LogP contribution in [0.5, 0.6) is 11.5 Å². The van der Waals surface area contributed by atoms with Crippen molar-refractivity contribution in [3.8, 4) is 22.8 Å². The summed E-state index contributed by atoms with van der Waals surface area (Å²) >= 11 is 0. The highest BCUT2D eigenvalue weighted by Crippen LogP contribution is 2.25. The Labute approximate surface area is 200 Å². The first-order chi connectivity index (χ1) is 16.9. The number of anilines is 1. The van der Waals surface area contributed by atoms with Crippen LogP contribution >= 0.6 is 0 Å². The first-order valence-corrected chi connectivity index (χ1v) is 10.7. The number of aromatic nitrogens is 3. The van der Waals surface area contributed by atoms with Gasteiger partial charge in [0.25, 0.3) is 0 Å². The Morgan fingerprint density at radius 2 is 1.74 bits per heavy atom. The van der Waals surface area contributed by atoms with Gasteiger partial charge in [-0.05, 0) is 67.6 Å². The molecule has 0 saturated carbocycles. The molecule has 2 aromatic carbocycles. The number of carbonyl (C=O) groups is 2. The minimum atomic E-state index is -1.17. The Balaban J connectivity index is 1.39. The average Bonchev–Trinajstić information content (AvgIpc) is 3.25. The van der Waals surface area contributed by atoms with Gasteiger partial charge < -0.3 is 20.1 Å². The summed E-state index contributed by atoms with van der Waals surface area (Å²) in [7, 11) is 0. The molecule has 2 amide bonds. The van der Waals surface area contributed by atoms with Crippen molar-refractivity contribution in [1.29, 1.82) is 0 Å². The summed E-state index contributed by atoms with van der Waals surface area (Å²) in [5, 5.41) is 14.5. The van der Waals surface area contributed by atoms with E-state index in [1.165, 1.54) is 30.5 Å². The van der Waals surface area contributed by atoms with Crippen molar-refractivity contribution in [1.82, 2.24) is 20.3 Å². The first kappa shape index (κ1) is 23.4. The number of carboxylic acids is 1. The molecule has 4 N–H and O–H groups in total. The molecule has 10 heteroatoms. The molecule has 4 rings (SSSR count). The summed E-state index contributed by atoms with van der Waals surface area (Å²) in [6.07, 6.45) is 1.59. The van der Waals surface area contributed by atoms with E-state index in [0.717, 1.165) is 5.56 Å². The molecule has 1 atom stereocenters. The lowest BCUT2D eigenvalue weighted by atomic mass is 10.1. The molecule has 35 heavy (non-hydrogen) atoms. The maximum Gasteiger partial charge on any atom is 0.326 e. The quantitative estimate of drug-likeness (QED) is 0.296. The number of hydrogen-bond acceptors (Lipinski definition) is 5. The lowest BCUT2D eigenvalue weighted by molar-refractivity contribution is -0.139. The van der Waals surface area contributed by atoms with E-state index in [1.807, 2.05) is 0 Å². The topological polar surface area (TPSA) is 129 Å². The molecular formula is C25H22FN5O4. The van der Waals surface area contributed by atoms with E-state index in [0.29, 0.717) is 28.7 Å². The first-order valence-electron chi connectivity index (χ1n) is 10.7. The second-order valence-electron chi connectivity index (χ2n) is 7.68. The largest absolute Gasteiger partial charge is 0.480 e. The Kier molecular flexibility index (Phi) is 7.01. The molecule has 178 valence electrons. The molecule has 9 nitrogen and oxygen atoms in total. The zero-order valence-corrected chi connectivity index (χ0v) is 18.7. The van der Waals surface area contributed by atoms with Crippen LogP contribution in [0.15, 0.2) is 72.9 Å². The van der Waals surface area contributed by atoms with Gasteiger partial charge in [0.1, 0.15) is 35.0 Å². The minimum Gasteiger partial charge on any atom is -0.480 e. The lowest BCUT2D eigenvalue weighted by Crippen LogP contribution is -2.44. The number of carboxylic acid groups (broad SMARTS) is 1. The summed E-state index contributed by atoms with van der Waals surface area (Å²) in [6, 6.07) is 16.1. The van der Waals surface area contributed by atoms with E-state index >= 15 is 0 Å². The average molecular weight is 475 g/mol. The highest BCUT2D eigenvalue weighted by atomic mass is 19.1. The fourth-order valence-electron chi connectivity index (χ4n) is 3.30. The number of nitrogens with zero attached hydrogens (tertiary/aromatic N) is 2. The SMILES string of the molecule is Cc1ncc(CC(NC(=O)Nc2cccc(-c3ccc(Oc4ccc(F)cc4)cc3)n2)C(=O)O)[nH]1. The van der Waals surface area contributed by atoms with E-state index in [2.05, 4.69) is 25.6 Å². The zero-order chi connectivity index (χ0) is 24.8. The molecule has 2 heterocycles. The van der Waals surface area contributed by atoms with Crippen LogP contribution in [0.2, 0.25) is 0 Å². The molecule has 1 unspecified atom stereocenters. The number of H-pyrrole nitrogens is 1. The van der Waals surface area contributed by atoms with Crippen molar-refractivity contribution in [2.45, 2.75) is 19.4 Å². The number of carbonyl (C=O) groups excluding carboxylic acids is 1. The second-order valence-corrected chi connectivity index (χ2v) is 7.68. The van der Waals surface area contributed by atoms with Gasteiger partial charge in [-0.2, -0.15) is 0 Å². The minimum absolute atomic E-state index is 0.0589. The third kappa shape index (κ3) is 6.41. The van der Waals surface area contributed by atoms with Crippen molar-refractivity contribution in [2.24, 2.45) is 0 Å². The van der Waals surface area contributed by atoms with E-state index < -0.39 is 18.0 Å². The predicted molar refractivity (Wildman–Crippen MR) is 127 cm³/mol. The van der Waals surface area contributed by atoms with Gasteiger partial charge in [-0.15, -0.1) is 0 Å². The number of nitrogens with one attached hydrogen (secondary N) is 3. The molecule has 0 bridgehead atoms. The Morgan fingerprint density at radius 3 is 2.37 bits per heavy atom. The van der Waals surface area contributed by atoms with Gasteiger partial charge in [-0.3, -0.25) is 5.32 Å². The molecule has 0 fully saturated rings. The third-order valence-corrected chi connectivity index (χ3v) is 4.97. The number of benzene rings is 2. The Hall–Kier alpha value is -4.73. The number of halogens is 1. The number of urea groups is 1. The van der Waals surface area contributed by atoms with Crippen LogP contribution in [-0.4, -0.2) is 38.1 Å². The lowest BCUT2D eigenvalue weighted by Gasteiger charge is -2.14. The molecule has 0 radical (unpaired) electrons. The van der Waals surface area contributed by atoms with Crippen molar-refractivity contribution < 1.29 is 23.8 Å². The van der Waals surface area contributed by atoms with Crippen LogP contribution < -0.4 is 15.4 Å². The van der Waals surface area contributed by atoms with Gasteiger partial charge in [-0.1, -0.05) is 6.07 Å². The number of pyridine rings is 1. The van der Waals surface area contributed by atoms with Crippen molar-refractivity contribution in [2.75, 3.05) is 5.32 Å². The number of imidazole rings is 1. The van der Waals surface area contributed by atoms with Gasteiger partial charge >= 0.3 is 12.0 Å². The second kappa shape index (κ2) is 10.5. The van der Waals surface area contributed by atoms with E-state index in [4.69, 9.17) is 4.74 Å². The standard InChI is InChI=1S/C25H22FN5O4/c1-15-27-14-18(28-15)13-22(24(32)33)30-25(34)31-23-4-2-3-21(29-23)16-5-9-19(10-6-16)35-20-11-7-17(26)8-12-20/h2-12,14,22H,13H2,1H3,(H,27,28)(H,32,33)(H2,29,30,31,34). The van der Waals surface area contributed by atoms with Gasteiger partial charge in [0.05, 0.1) is 5.69 Å². The van der Waals surface area contributed by atoms with Crippen LogP contribution in [0, 0.1) is 12.7 Å². The summed E-state index contributed by atoms with van der Waals surface area (Å²) in [5.41, 5.74) is 1.97. The number of hydrogen-bond donors (Lipinski definition) is 4. The summed E-state index contributed by atoms with van der Waals surface area (Å²) in [6.45, 7) is 1.75. The number of aliphatic carboxylic acids is 1. The molecule has 0 saturated heterocycles. The molecule has 0 aliphatic heterocycles. The summed E-state index contributed by atoms with van der Waals surface area (Å²) in [4.78, 5) is 35.4. The van der Waals surface area contributed by atoms with E-state index in [1.54, 1.807) is 49.4 Å². The summed E-state index contributed by atoms with van der Waals surface area (Å²) in [5.74, 6) is 0.486. The number of aryl methyl sites for hydroxylation is 1. The highest BCUT2D eigenvalue weighted by molar-refractivity contribution is 5.91. The molecule has 0 aliphatic rings. The van der Waals surface area contributed by atoms with Gasteiger partial charge in [-0.25, -0.2) is 23.9 Å².